The Kier molecular flexibility index (Phi) is 7.47. The number of nitrogens with one attached hydrogen (secondary N) is 3. The van der Waals surface area contributed by atoms with Crippen molar-refractivity contribution in [1.29, 1.82) is 0 Å². The van der Waals surface area contributed by atoms with Crippen LogP contribution in [0.1, 0.15) is 33.1 Å². The number of hydrogen-bond acceptors (Lipinski definition) is 4. The molecule has 0 radical (unpaired) electrons. The predicted molar refractivity (Wildman–Crippen MR) is 79.8 cm³/mol. The lowest BCUT2D eigenvalue weighted by Crippen LogP contribution is -2.37. The lowest BCUT2D eigenvalue weighted by Gasteiger charge is -2.28. The Bertz CT molecular complexity index is 392. The minimum Gasteiger partial charge on any atom is -0.355 e. The molecule has 0 aromatic heterocycles. The van der Waals surface area contributed by atoms with Crippen molar-refractivity contribution in [2.45, 2.75) is 33.1 Å². The van der Waals surface area contributed by atoms with Crippen molar-refractivity contribution in [3.63, 3.8) is 0 Å². The van der Waals surface area contributed by atoms with Gasteiger partial charge >= 0.3 is 0 Å². The Hall–Kier alpha value is -0.660. The van der Waals surface area contributed by atoms with Gasteiger partial charge in [-0.15, -0.1) is 0 Å². The second kappa shape index (κ2) is 8.59. The summed E-state index contributed by atoms with van der Waals surface area (Å²) < 4.78 is 25.2. The fourth-order valence-corrected chi connectivity index (χ4v) is 3.47. The number of sulfonamides is 1. The van der Waals surface area contributed by atoms with Crippen LogP contribution in [0.3, 0.4) is 0 Å². The molecule has 3 N–H and O–H groups in total. The molecule has 1 aliphatic heterocycles. The number of amides is 1. The van der Waals surface area contributed by atoms with Gasteiger partial charge in [0.15, 0.2) is 0 Å². The molecule has 0 aromatic rings. The van der Waals surface area contributed by atoms with E-state index in [9.17, 15) is 13.2 Å². The van der Waals surface area contributed by atoms with Gasteiger partial charge in [0.25, 0.3) is 0 Å². The van der Waals surface area contributed by atoms with E-state index in [1.54, 1.807) is 6.92 Å². The maximum absolute atomic E-state index is 11.8. The lowest BCUT2D eigenvalue weighted by atomic mass is 9.85. The van der Waals surface area contributed by atoms with E-state index in [2.05, 4.69) is 22.3 Å². The zero-order valence-corrected chi connectivity index (χ0v) is 13.3. The van der Waals surface area contributed by atoms with E-state index >= 15 is 0 Å². The van der Waals surface area contributed by atoms with Gasteiger partial charge in [-0.2, -0.15) is 0 Å². The molecule has 6 nitrogen and oxygen atoms in total. The van der Waals surface area contributed by atoms with E-state index in [1.165, 1.54) is 0 Å². The molecule has 1 heterocycles. The third-order valence-corrected chi connectivity index (χ3v) is 5.17. The largest absolute Gasteiger partial charge is 0.355 e. The standard InChI is InChI=1S/C13H27N3O3S/c1-3-16-20(18,19)8-7-15-13(17)9-11(2)12-5-4-6-14-10-12/h11-12,14,16H,3-10H2,1-2H3,(H,15,17). The van der Waals surface area contributed by atoms with Crippen LogP contribution in [0.25, 0.3) is 0 Å². The summed E-state index contributed by atoms with van der Waals surface area (Å²) in [5.74, 6) is 0.745. The minimum absolute atomic E-state index is 0.0604. The molecule has 7 heteroatoms. The van der Waals surface area contributed by atoms with Gasteiger partial charge in [0, 0.05) is 19.5 Å². The van der Waals surface area contributed by atoms with Crippen molar-refractivity contribution >= 4 is 15.9 Å². The molecular weight excluding hydrogens is 278 g/mol. The van der Waals surface area contributed by atoms with Gasteiger partial charge in [-0.25, -0.2) is 13.1 Å². The predicted octanol–water partition coefficient (Wildman–Crippen LogP) is 0.0677. The highest BCUT2D eigenvalue weighted by molar-refractivity contribution is 7.89. The summed E-state index contributed by atoms with van der Waals surface area (Å²) in [5, 5.41) is 6.04. The molecule has 2 unspecified atom stereocenters. The second-order valence-electron chi connectivity index (χ2n) is 5.45. The fraction of sp³-hybridized carbons (Fsp3) is 0.923. The molecule has 0 aliphatic carbocycles. The van der Waals surface area contributed by atoms with Gasteiger partial charge in [0.1, 0.15) is 0 Å². The van der Waals surface area contributed by atoms with Crippen LogP contribution < -0.4 is 15.4 Å². The molecule has 1 aliphatic rings. The second-order valence-corrected chi connectivity index (χ2v) is 7.38. The first-order valence-corrected chi connectivity index (χ1v) is 9.04. The van der Waals surface area contributed by atoms with Crippen LogP contribution >= 0.6 is 0 Å². The third-order valence-electron chi connectivity index (χ3n) is 3.70. The van der Waals surface area contributed by atoms with Crippen molar-refractivity contribution in [2.24, 2.45) is 11.8 Å². The van der Waals surface area contributed by atoms with Crippen molar-refractivity contribution in [3.8, 4) is 0 Å². The average Bonchev–Trinajstić information content (AvgIpc) is 2.39. The summed E-state index contributed by atoms with van der Waals surface area (Å²) in [5.41, 5.74) is 0. The van der Waals surface area contributed by atoms with E-state index in [4.69, 9.17) is 0 Å². The molecule has 1 amide bonds. The van der Waals surface area contributed by atoms with Crippen LogP contribution in [0.4, 0.5) is 0 Å². The van der Waals surface area contributed by atoms with Gasteiger partial charge in [0.2, 0.25) is 15.9 Å². The van der Waals surface area contributed by atoms with Crippen molar-refractivity contribution in [1.82, 2.24) is 15.4 Å². The van der Waals surface area contributed by atoms with Crippen LogP contribution in [0, 0.1) is 11.8 Å². The van der Waals surface area contributed by atoms with Crippen LogP contribution in [-0.4, -0.2) is 46.3 Å². The normalized spacial score (nSPS) is 21.4. The number of carbonyl (C=O) groups excluding carboxylic acids is 1. The topological polar surface area (TPSA) is 87.3 Å². The zero-order valence-electron chi connectivity index (χ0n) is 12.4. The first-order valence-electron chi connectivity index (χ1n) is 7.39. The SMILES string of the molecule is CCNS(=O)(=O)CCNC(=O)CC(C)C1CCCNC1. The van der Waals surface area contributed by atoms with Gasteiger partial charge < -0.3 is 10.6 Å². The maximum Gasteiger partial charge on any atom is 0.220 e. The summed E-state index contributed by atoms with van der Waals surface area (Å²) in [6.07, 6.45) is 2.79. The monoisotopic (exact) mass is 305 g/mol. The smallest absolute Gasteiger partial charge is 0.220 e. The number of rotatable bonds is 8. The van der Waals surface area contributed by atoms with Crippen molar-refractivity contribution < 1.29 is 13.2 Å². The first kappa shape index (κ1) is 17.4. The number of piperidine rings is 1. The summed E-state index contributed by atoms with van der Waals surface area (Å²) in [6.45, 7) is 6.41. The molecule has 2 atom stereocenters. The lowest BCUT2D eigenvalue weighted by molar-refractivity contribution is -0.122. The molecule has 1 fully saturated rings. The molecule has 0 bridgehead atoms. The molecule has 118 valence electrons. The van der Waals surface area contributed by atoms with Crippen LogP contribution in [0.5, 0.6) is 0 Å². The quantitative estimate of drug-likeness (QED) is 0.592. The zero-order chi connectivity index (χ0) is 15.0. The van der Waals surface area contributed by atoms with E-state index in [0.717, 1.165) is 25.9 Å². The Balaban J connectivity index is 2.22. The molecule has 0 spiro atoms. The Labute approximate surface area is 122 Å². The fourth-order valence-electron chi connectivity index (χ4n) is 2.51. The summed E-state index contributed by atoms with van der Waals surface area (Å²) in [4.78, 5) is 11.8. The van der Waals surface area contributed by atoms with E-state index in [0.29, 0.717) is 24.8 Å². The molecule has 20 heavy (non-hydrogen) atoms. The molecule has 1 saturated heterocycles. The van der Waals surface area contributed by atoms with Crippen molar-refractivity contribution in [3.05, 3.63) is 0 Å². The summed E-state index contributed by atoms with van der Waals surface area (Å²) in [7, 11) is -3.25. The molecule has 1 rings (SSSR count). The Morgan fingerprint density at radius 1 is 1.45 bits per heavy atom. The minimum atomic E-state index is -3.25. The van der Waals surface area contributed by atoms with Crippen LogP contribution in [0.15, 0.2) is 0 Å². The van der Waals surface area contributed by atoms with Gasteiger partial charge in [0.05, 0.1) is 5.75 Å². The van der Waals surface area contributed by atoms with E-state index in [-0.39, 0.29) is 18.2 Å². The Morgan fingerprint density at radius 2 is 2.20 bits per heavy atom. The third kappa shape index (κ3) is 6.67. The highest BCUT2D eigenvalue weighted by atomic mass is 32.2. The van der Waals surface area contributed by atoms with E-state index < -0.39 is 10.0 Å². The van der Waals surface area contributed by atoms with Gasteiger partial charge in [-0.1, -0.05) is 13.8 Å². The van der Waals surface area contributed by atoms with Crippen molar-refractivity contribution in [2.75, 3.05) is 31.9 Å². The first-order chi connectivity index (χ1) is 9.44. The summed E-state index contributed by atoms with van der Waals surface area (Å²) >= 11 is 0. The van der Waals surface area contributed by atoms with E-state index in [1.807, 2.05) is 0 Å². The highest BCUT2D eigenvalue weighted by Crippen LogP contribution is 2.22. The number of hydrogen-bond donors (Lipinski definition) is 3. The summed E-state index contributed by atoms with van der Waals surface area (Å²) in [6, 6.07) is 0. The molecule has 0 saturated carbocycles. The van der Waals surface area contributed by atoms with Crippen LogP contribution in [-0.2, 0) is 14.8 Å². The Morgan fingerprint density at radius 3 is 2.80 bits per heavy atom. The molecular formula is C13H27N3O3S. The average molecular weight is 305 g/mol. The van der Waals surface area contributed by atoms with Gasteiger partial charge in [-0.05, 0) is 37.8 Å². The highest BCUT2D eigenvalue weighted by Gasteiger charge is 2.22. The maximum atomic E-state index is 11.8. The molecule has 0 aromatic carbocycles. The van der Waals surface area contributed by atoms with Crippen LogP contribution in [0.2, 0.25) is 0 Å². The number of carbonyl (C=O) groups is 1. The van der Waals surface area contributed by atoms with Gasteiger partial charge in [-0.3, -0.25) is 4.79 Å².